The summed E-state index contributed by atoms with van der Waals surface area (Å²) in [6.07, 6.45) is 1.93. The van der Waals surface area contributed by atoms with E-state index in [1.807, 2.05) is 6.07 Å². The van der Waals surface area contributed by atoms with E-state index in [-0.39, 0.29) is 80.9 Å². The molecule has 0 radical (unpaired) electrons. The van der Waals surface area contributed by atoms with Gasteiger partial charge in [-0.25, -0.2) is 17.6 Å². The lowest BCUT2D eigenvalue weighted by atomic mass is 9.95. The number of aromatic nitrogens is 3. The van der Waals surface area contributed by atoms with Crippen molar-refractivity contribution >= 4 is 49.1 Å². The third-order valence-corrected chi connectivity index (χ3v) is 10.8. The minimum atomic E-state index is -1.45. The molecule has 0 aliphatic carbocycles. The molecule has 3 aliphatic heterocycles. The Balaban J connectivity index is 1.37. The van der Waals surface area contributed by atoms with Crippen molar-refractivity contribution in [2.45, 2.75) is 50.1 Å². The first-order valence-electron chi connectivity index (χ1n) is 15.7. The maximum absolute atomic E-state index is 16.8. The van der Waals surface area contributed by atoms with Gasteiger partial charge in [-0.3, -0.25) is 14.7 Å². The number of fused-ring (bicyclic) bond motifs is 3. The van der Waals surface area contributed by atoms with Gasteiger partial charge in [0.25, 0.3) is 0 Å². The second kappa shape index (κ2) is 12.2. The Hall–Kier alpha value is -4.55. The highest BCUT2D eigenvalue weighted by atomic mass is 32.1. The highest BCUT2D eigenvalue weighted by molar-refractivity contribution is 7.23. The molecule has 10 nitrogen and oxygen atoms in total. The number of benzene rings is 1. The van der Waals surface area contributed by atoms with Gasteiger partial charge < -0.3 is 20.3 Å². The summed E-state index contributed by atoms with van der Waals surface area (Å²) in [5, 5.41) is 10.2. The lowest BCUT2D eigenvalue weighted by molar-refractivity contribution is -0.125. The van der Waals surface area contributed by atoms with E-state index in [2.05, 4.69) is 26.4 Å². The monoisotopic (exact) mass is 680 g/mol. The van der Waals surface area contributed by atoms with Crippen LogP contribution in [-0.2, 0) is 4.79 Å². The number of anilines is 2. The molecule has 1 aromatic carbocycles. The number of hydrogen-bond acceptors (Lipinski definition) is 10. The van der Waals surface area contributed by atoms with E-state index in [1.165, 1.54) is 17.2 Å². The number of carbonyl (C=O) groups excluding carboxylic acids is 1. The molecular weight excluding hydrogens is 648 g/mol. The Labute approximate surface area is 277 Å². The van der Waals surface area contributed by atoms with Gasteiger partial charge in [-0.2, -0.15) is 15.2 Å². The summed E-state index contributed by atoms with van der Waals surface area (Å²) in [5.41, 5.74) is 5.23. The first-order chi connectivity index (χ1) is 23.1. The number of halogens is 4. The van der Waals surface area contributed by atoms with Crippen molar-refractivity contribution in [1.29, 1.82) is 5.26 Å². The van der Waals surface area contributed by atoms with Gasteiger partial charge in [0.15, 0.2) is 5.82 Å². The minimum absolute atomic E-state index is 0.00676. The number of nitrogen functional groups attached to an aromatic ring is 1. The van der Waals surface area contributed by atoms with Crippen LogP contribution >= 0.6 is 11.3 Å². The fourth-order valence-electron chi connectivity index (χ4n) is 7.53. The van der Waals surface area contributed by atoms with Crippen LogP contribution < -0.4 is 15.4 Å². The number of amides is 1. The fraction of sp³-hybridized carbons (Fsp3) is 0.424. The summed E-state index contributed by atoms with van der Waals surface area (Å²) >= 11 is 0.881. The molecule has 3 fully saturated rings. The van der Waals surface area contributed by atoms with Crippen LogP contribution in [0.4, 0.5) is 28.4 Å². The fourth-order valence-corrected chi connectivity index (χ4v) is 8.48. The van der Waals surface area contributed by atoms with E-state index in [1.54, 1.807) is 11.8 Å². The van der Waals surface area contributed by atoms with Crippen LogP contribution in [0, 0.1) is 23.0 Å². The Bertz CT molecular complexity index is 2000. The number of hydrogen-bond donors (Lipinski definition) is 1. The molecule has 1 amide bonds. The van der Waals surface area contributed by atoms with Crippen LogP contribution in [0.25, 0.3) is 32.2 Å². The van der Waals surface area contributed by atoms with Gasteiger partial charge in [0, 0.05) is 43.2 Å². The molecule has 4 atom stereocenters. The van der Waals surface area contributed by atoms with Gasteiger partial charge in [0.2, 0.25) is 5.91 Å². The molecule has 4 unspecified atom stereocenters. The number of nitriles is 1. The van der Waals surface area contributed by atoms with Crippen molar-refractivity contribution in [2.75, 3.05) is 50.0 Å². The Morgan fingerprint density at radius 3 is 2.85 bits per heavy atom. The van der Waals surface area contributed by atoms with E-state index in [4.69, 9.17) is 10.5 Å². The number of pyridine rings is 1. The second-order valence-corrected chi connectivity index (χ2v) is 13.5. The maximum atomic E-state index is 16.8. The zero-order chi connectivity index (χ0) is 33.9. The number of carbonyl (C=O) groups is 1. The van der Waals surface area contributed by atoms with Crippen molar-refractivity contribution in [1.82, 2.24) is 24.8 Å². The summed E-state index contributed by atoms with van der Waals surface area (Å²) in [7, 11) is 0. The predicted molar refractivity (Wildman–Crippen MR) is 174 cm³/mol. The predicted octanol–water partition coefficient (Wildman–Crippen LogP) is 5.15. The summed E-state index contributed by atoms with van der Waals surface area (Å²) < 4.78 is 67.9. The van der Waals surface area contributed by atoms with E-state index in [0.29, 0.717) is 13.0 Å². The normalized spacial score (nSPS) is 23.9. The third kappa shape index (κ3) is 5.09. The van der Waals surface area contributed by atoms with E-state index in [0.717, 1.165) is 42.9 Å². The summed E-state index contributed by atoms with van der Waals surface area (Å²) in [6, 6.07) is 3.45. The smallest absolute Gasteiger partial charge is 0.319 e. The zero-order valence-electron chi connectivity index (χ0n) is 26.1. The number of rotatable bonds is 8. The highest BCUT2D eigenvalue weighted by Crippen LogP contribution is 2.43. The number of thiophene rings is 1. The molecule has 0 saturated carbocycles. The molecular formula is C33H32F4N8O2S. The quantitative estimate of drug-likeness (QED) is 0.199. The van der Waals surface area contributed by atoms with Gasteiger partial charge in [-0.15, -0.1) is 11.3 Å². The number of likely N-dealkylation sites (N-methyl/N-ethyl adjacent to an activating group) is 1. The largest absolute Gasteiger partial charge is 0.461 e. The Morgan fingerprint density at radius 1 is 1.29 bits per heavy atom. The van der Waals surface area contributed by atoms with Crippen molar-refractivity contribution < 1.29 is 27.1 Å². The van der Waals surface area contributed by atoms with Crippen molar-refractivity contribution in [3.8, 4) is 23.3 Å². The maximum Gasteiger partial charge on any atom is 0.319 e. The van der Waals surface area contributed by atoms with Crippen LogP contribution in [0.15, 0.2) is 31.0 Å². The third-order valence-electron chi connectivity index (χ3n) is 9.78. The number of likely N-dealkylation sites (tertiary alicyclic amines) is 1. The number of nitrogens with zero attached hydrogens (tertiary/aromatic N) is 7. The topological polar surface area (TPSA) is 125 Å². The first-order valence-corrected chi connectivity index (χ1v) is 16.5. The van der Waals surface area contributed by atoms with E-state index in [9.17, 15) is 18.8 Å². The lowest BCUT2D eigenvalue weighted by Gasteiger charge is -2.32. The van der Waals surface area contributed by atoms with Crippen molar-refractivity contribution in [3.05, 3.63) is 48.2 Å². The Morgan fingerprint density at radius 2 is 2.10 bits per heavy atom. The molecule has 15 heteroatoms. The summed E-state index contributed by atoms with van der Waals surface area (Å²) in [5.74, 6) is -1.77. The molecule has 3 aromatic heterocycles. The van der Waals surface area contributed by atoms with Crippen LogP contribution in [-0.4, -0.2) is 93.9 Å². The Kier molecular flexibility index (Phi) is 8.11. The number of alkyl halides is 2. The molecule has 250 valence electrons. The van der Waals surface area contributed by atoms with E-state index < -0.39 is 41.5 Å². The summed E-state index contributed by atoms with van der Waals surface area (Å²) in [6.45, 7) is 6.53. The van der Waals surface area contributed by atoms with Crippen molar-refractivity contribution in [2.24, 2.45) is 0 Å². The highest BCUT2D eigenvalue weighted by Gasteiger charge is 2.49. The SMILES string of the molecule is C=CC(=O)N1CC(F)C(N(CC)c2nc(OCC34CCCN3CC(F)C4)nc3c(F)c(-c4ccc(F)c5sc(N)c(C#N)c45)ncc23)C1. The zero-order valence-corrected chi connectivity index (χ0v) is 26.9. The van der Waals surface area contributed by atoms with Crippen LogP contribution in [0.3, 0.4) is 0 Å². The van der Waals surface area contributed by atoms with E-state index >= 15 is 8.78 Å². The van der Waals surface area contributed by atoms with Gasteiger partial charge in [-0.1, -0.05) is 6.58 Å². The van der Waals surface area contributed by atoms with Crippen molar-refractivity contribution in [3.63, 3.8) is 0 Å². The molecule has 4 aromatic rings. The minimum Gasteiger partial charge on any atom is -0.461 e. The van der Waals surface area contributed by atoms with Gasteiger partial charge >= 0.3 is 6.01 Å². The van der Waals surface area contributed by atoms with Crippen LogP contribution in [0.5, 0.6) is 6.01 Å². The molecule has 6 heterocycles. The van der Waals surface area contributed by atoms with Gasteiger partial charge in [0.05, 0.1) is 33.8 Å². The lowest BCUT2D eigenvalue weighted by Crippen LogP contribution is -2.44. The molecule has 0 bridgehead atoms. The molecule has 3 aliphatic rings. The second-order valence-electron chi connectivity index (χ2n) is 12.4. The number of nitrogens with two attached hydrogens (primary N) is 1. The van der Waals surface area contributed by atoms with Gasteiger partial charge in [0.1, 0.15) is 52.9 Å². The number of ether oxygens (including phenoxy) is 1. The standard InChI is InChI=1S/C33H32F4N8O2S/c1-3-24(46)43-14-22(36)23(15-43)45(4-2)31-20-12-40-27(18-6-7-21(35)29-25(18)19(11-38)30(39)48-29)26(37)28(20)41-32(42-31)47-16-33-8-5-9-44(33)13-17(34)10-33/h3,6-7,12,17,22-23H,1,4-5,8-10,13-16,39H2,2H3. The van der Waals surface area contributed by atoms with Crippen LogP contribution in [0.1, 0.15) is 31.7 Å². The van der Waals surface area contributed by atoms with Gasteiger partial charge in [-0.05, 0) is 44.5 Å². The first kappa shape index (κ1) is 32.0. The summed E-state index contributed by atoms with van der Waals surface area (Å²) in [4.78, 5) is 30.9. The molecule has 0 spiro atoms. The molecule has 2 N–H and O–H groups in total. The average Bonchev–Trinajstić information content (AvgIpc) is 3.82. The average molecular weight is 681 g/mol. The molecule has 7 rings (SSSR count). The molecule has 48 heavy (non-hydrogen) atoms. The molecule has 3 saturated heterocycles. The van der Waals surface area contributed by atoms with Crippen LogP contribution in [0.2, 0.25) is 0 Å².